The summed E-state index contributed by atoms with van der Waals surface area (Å²) >= 11 is 0. The summed E-state index contributed by atoms with van der Waals surface area (Å²) < 4.78 is 3.99. The average Bonchev–Trinajstić information content (AvgIpc) is 2.79. The topological polar surface area (TPSA) is 47.7 Å². The molecule has 2 aromatic heterocycles. The first kappa shape index (κ1) is 13.8. The summed E-state index contributed by atoms with van der Waals surface area (Å²) in [5.41, 5.74) is 5.88. The van der Waals surface area contributed by atoms with E-state index in [1.54, 1.807) is 0 Å². The highest BCUT2D eigenvalue weighted by molar-refractivity contribution is 5.25. The van der Waals surface area contributed by atoms with Crippen molar-refractivity contribution in [1.29, 1.82) is 0 Å². The van der Waals surface area contributed by atoms with Gasteiger partial charge in [-0.25, -0.2) is 0 Å². The molecule has 104 valence electrons. The molecule has 0 bridgehead atoms. The van der Waals surface area contributed by atoms with Crippen LogP contribution in [0.25, 0.3) is 0 Å². The van der Waals surface area contributed by atoms with E-state index in [9.17, 15) is 0 Å². The highest BCUT2D eigenvalue weighted by atomic mass is 15.3. The summed E-state index contributed by atoms with van der Waals surface area (Å²) in [6.45, 7) is 11.0. The molecule has 0 atom stereocenters. The zero-order chi connectivity index (χ0) is 14.0. The van der Waals surface area contributed by atoms with Gasteiger partial charge in [-0.15, -0.1) is 0 Å². The summed E-state index contributed by atoms with van der Waals surface area (Å²) in [7, 11) is 1.98. The molecule has 1 N–H and O–H groups in total. The summed E-state index contributed by atoms with van der Waals surface area (Å²) in [5.74, 6) is 0. The van der Waals surface area contributed by atoms with Crippen LogP contribution >= 0.6 is 0 Å². The third kappa shape index (κ3) is 2.87. The first-order valence-electron chi connectivity index (χ1n) is 6.76. The molecule has 2 aromatic rings. The van der Waals surface area contributed by atoms with E-state index in [1.165, 1.54) is 17.0 Å². The predicted molar refractivity (Wildman–Crippen MR) is 76.1 cm³/mol. The van der Waals surface area contributed by atoms with E-state index in [1.807, 2.05) is 18.7 Å². The third-order valence-corrected chi connectivity index (χ3v) is 3.49. The van der Waals surface area contributed by atoms with Crippen molar-refractivity contribution in [2.45, 2.75) is 40.8 Å². The molecule has 0 fully saturated rings. The van der Waals surface area contributed by atoms with Crippen molar-refractivity contribution in [2.24, 2.45) is 7.05 Å². The SMILES string of the molecule is CCNCc1c(C)nn(Cc2cc(C)nn2C)c1C. The Balaban J connectivity index is 2.24. The molecule has 0 radical (unpaired) electrons. The molecule has 0 unspecified atom stereocenters. The Bertz CT molecular complexity index is 565. The fourth-order valence-electron chi connectivity index (χ4n) is 2.36. The monoisotopic (exact) mass is 261 g/mol. The van der Waals surface area contributed by atoms with Gasteiger partial charge in [0.1, 0.15) is 0 Å². The highest BCUT2D eigenvalue weighted by Gasteiger charge is 2.12. The van der Waals surface area contributed by atoms with Crippen molar-refractivity contribution in [3.05, 3.63) is 34.4 Å². The standard InChI is InChI=1S/C14H23N5/c1-6-15-8-14-11(3)17-19(12(14)4)9-13-7-10(2)16-18(13)5/h7,15H,6,8-9H2,1-5H3. The maximum Gasteiger partial charge on any atom is 0.0831 e. The van der Waals surface area contributed by atoms with E-state index < -0.39 is 0 Å². The fraction of sp³-hybridized carbons (Fsp3) is 0.571. The van der Waals surface area contributed by atoms with Gasteiger partial charge in [-0.05, 0) is 33.4 Å². The van der Waals surface area contributed by atoms with Crippen molar-refractivity contribution in [1.82, 2.24) is 24.9 Å². The third-order valence-electron chi connectivity index (χ3n) is 3.49. The molecule has 0 aromatic carbocycles. The van der Waals surface area contributed by atoms with E-state index in [2.05, 4.69) is 47.0 Å². The molecule has 0 saturated heterocycles. The van der Waals surface area contributed by atoms with Gasteiger partial charge in [-0.3, -0.25) is 9.36 Å². The molecular formula is C14H23N5. The number of nitrogens with one attached hydrogen (secondary N) is 1. The molecule has 0 aliphatic carbocycles. The van der Waals surface area contributed by atoms with Crippen LogP contribution in [0.2, 0.25) is 0 Å². The molecule has 2 rings (SSSR count). The van der Waals surface area contributed by atoms with Crippen molar-refractivity contribution in [2.75, 3.05) is 6.54 Å². The van der Waals surface area contributed by atoms with E-state index in [0.717, 1.165) is 31.0 Å². The van der Waals surface area contributed by atoms with Gasteiger partial charge in [-0.2, -0.15) is 10.2 Å². The number of nitrogens with zero attached hydrogens (tertiary/aromatic N) is 4. The van der Waals surface area contributed by atoms with Gasteiger partial charge in [-0.1, -0.05) is 6.92 Å². The Hall–Kier alpha value is -1.62. The minimum absolute atomic E-state index is 0.774. The summed E-state index contributed by atoms with van der Waals surface area (Å²) in [5, 5.41) is 12.4. The zero-order valence-corrected chi connectivity index (χ0v) is 12.5. The van der Waals surface area contributed by atoms with Crippen LogP contribution in [0.4, 0.5) is 0 Å². The van der Waals surface area contributed by atoms with E-state index >= 15 is 0 Å². The maximum absolute atomic E-state index is 4.64. The molecule has 19 heavy (non-hydrogen) atoms. The Morgan fingerprint density at radius 1 is 1.21 bits per heavy atom. The van der Waals surface area contributed by atoms with Crippen molar-refractivity contribution < 1.29 is 0 Å². The first-order chi connectivity index (χ1) is 9.02. The van der Waals surface area contributed by atoms with Crippen molar-refractivity contribution in [3.8, 4) is 0 Å². The number of aromatic nitrogens is 4. The van der Waals surface area contributed by atoms with Crippen LogP contribution in [-0.2, 0) is 20.1 Å². The lowest BCUT2D eigenvalue weighted by Crippen LogP contribution is -2.13. The molecule has 0 aliphatic heterocycles. The van der Waals surface area contributed by atoms with Crippen LogP contribution in [0.15, 0.2) is 6.07 Å². The minimum Gasteiger partial charge on any atom is -0.313 e. The lowest BCUT2D eigenvalue weighted by molar-refractivity contribution is 0.602. The van der Waals surface area contributed by atoms with Crippen LogP contribution < -0.4 is 5.32 Å². The van der Waals surface area contributed by atoms with Crippen molar-refractivity contribution in [3.63, 3.8) is 0 Å². The van der Waals surface area contributed by atoms with Crippen LogP contribution in [0.3, 0.4) is 0 Å². The summed E-state index contributed by atoms with van der Waals surface area (Å²) in [6, 6.07) is 2.11. The number of hydrogen-bond donors (Lipinski definition) is 1. The zero-order valence-electron chi connectivity index (χ0n) is 12.5. The molecule has 5 heteroatoms. The van der Waals surface area contributed by atoms with Gasteiger partial charge in [0.2, 0.25) is 0 Å². The molecule has 0 aliphatic rings. The molecule has 0 spiro atoms. The minimum atomic E-state index is 0.774. The molecule has 5 nitrogen and oxygen atoms in total. The van der Waals surface area contributed by atoms with E-state index in [0.29, 0.717) is 0 Å². The molecule has 0 amide bonds. The van der Waals surface area contributed by atoms with Crippen LogP contribution in [0.1, 0.15) is 35.3 Å². The second-order valence-electron chi connectivity index (χ2n) is 4.99. The van der Waals surface area contributed by atoms with E-state index in [-0.39, 0.29) is 0 Å². The quantitative estimate of drug-likeness (QED) is 0.891. The Kier molecular flexibility index (Phi) is 4.04. The Morgan fingerprint density at radius 3 is 2.53 bits per heavy atom. The fourth-order valence-corrected chi connectivity index (χ4v) is 2.36. The second-order valence-corrected chi connectivity index (χ2v) is 4.99. The van der Waals surface area contributed by atoms with Gasteiger partial charge < -0.3 is 5.32 Å². The Morgan fingerprint density at radius 2 is 1.95 bits per heavy atom. The number of rotatable bonds is 5. The number of aryl methyl sites for hydroxylation is 3. The van der Waals surface area contributed by atoms with Gasteiger partial charge in [0.25, 0.3) is 0 Å². The Labute approximate surface area is 114 Å². The van der Waals surface area contributed by atoms with Gasteiger partial charge in [0.05, 0.1) is 23.6 Å². The first-order valence-corrected chi connectivity index (χ1v) is 6.76. The lowest BCUT2D eigenvalue weighted by Gasteiger charge is -2.06. The maximum atomic E-state index is 4.64. The second kappa shape index (κ2) is 5.57. The molecular weight excluding hydrogens is 238 g/mol. The molecule has 2 heterocycles. The van der Waals surface area contributed by atoms with Crippen LogP contribution in [0, 0.1) is 20.8 Å². The largest absolute Gasteiger partial charge is 0.313 e. The summed E-state index contributed by atoms with van der Waals surface area (Å²) in [4.78, 5) is 0. The summed E-state index contributed by atoms with van der Waals surface area (Å²) in [6.07, 6.45) is 0. The van der Waals surface area contributed by atoms with E-state index in [4.69, 9.17) is 0 Å². The average molecular weight is 261 g/mol. The normalized spacial score (nSPS) is 11.2. The van der Waals surface area contributed by atoms with Gasteiger partial charge in [0, 0.05) is 24.8 Å². The smallest absolute Gasteiger partial charge is 0.0831 e. The highest BCUT2D eigenvalue weighted by Crippen LogP contribution is 2.14. The van der Waals surface area contributed by atoms with Crippen LogP contribution in [0.5, 0.6) is 0 Å². The van der Waals surface area contributed by atoms with Gasteiger partial charge in [0.15, 0.2) is 0 Å². The lowest BCUT2D eigenvalue weighted by atomic mass is 10.2. The molecule has 0 saturated carbocycles. The number of hydrogen-bond acceptors (Lipinski definition) is 3. The van der Waals surface area contributed by atoms with Crippen LogP contribution in [-0.4, -0.2) is 26.1 Å². The van der Waals surface area contributed by atoms with Crippen molar-refractivity contribution >= 4 is 0 Å². The van der Waals surface area contributed by atoms with Gasteiger partial charge >= 0.3 is 0 Å². The predicted octanol–water partition coefficient (Wildman–Crippen LogP) is 1.70.